The van der Waals surface area contributed by atoms with Crippen LogP contribution in [0.3, 0.4) is 0 Å². The average molecular weight is 220 g/mol. The Kier molecular flexibility index (Phi) is 6.09. The van der Waals surface area contributed by atoms with Crippen LogP contribution in [0.15, 0.2) is 18.3 Å². The zero-order valence-corrected chi connectivity index (χ0v) is 10.8. The molecule has 0 aromatic carbocycles. The number of unbranched alkanes of at least 4 members (excludes halogenated alkanes) is 1. The van der Waals surface area contributed by atoms with Crippen LogP contribution in [-0.4, -0.2) is 11.5 Å². The Morgan fingerprint density at radius 1 is 1.31 bits per heavy atom. The fourth-order valence-corrected chi connectivity index (χ4v) is 1.71. The molecule has 0 amide bonds. The molecule has 0 unspecified atom stereocenters. The molecule has 1 rings (SSSR count). The van der Waals surface area contributed by atoms with Gasteiger partial charge in [-0.2, -0.15) is 0 Å². The molecule has 0 aliphatic carbocycles. The van der Waals surface area contributed by atoms with E-state index in [0.717, 1.165) is 19.0 Å². The lowest BCUT2D eigenvalue weighted by Crippen LogP contribution is -2.16. The van der Waals surface area contributed by atoms with Crippen LogP contribution in [0.1, 0.15) is 44.4 Å². The normalized spacial score (nSPS) is 11.0. The van der Waals surface area contributed by atoms with Gasteiger partial charge in [0, 0.05) is 12.7 Å². The van der Waals surface area contributed by atoms with Crippen molar-refractivity contribution in [3.8, 4) is 0 Å². The van der Waals surface area contributed by atoms with E-state index in [0.29, 0.717) is 0 Å². The summed E-state index contributed by atoms with van der Waals surface area (Å²) < 4.78 is 0. The molecule has 2 heteroatoms. The maximum Gasteiger partial charge on any atom is 0.0570 e. The van der Waals surface area contributed by atoms with E-state index in [1.807, 2.05) is 12.3 Å². The molecule has 0 radical (unpaired) electrons. The quantitative estimate of drug-likeness (QED) is 0.713. The molecule has 0 bridgehead atoms. The van der Waals surface area contributed by atoms with Crippen molar-refractivity contribution in [1.29, 1.82) is 0 Å². The van der Waals surface area contributed by atoms with Crippen LogP contribution >= 0.6 is 0 Å². The number of pyridine rings is 1. The predicted octanol–water partition coefficient (Wildman–Crippen LogP) is 3.31. The maximum absolute atomic E-state index is 4.36. The molecule has 0 fully saturated rings. The first kappa shape index (κ1) is 13.2. The van der Waals surface area contributed by atoms with Gasteiger partial charge in [0.15, 0.2) is 0 Å². The van der Waals surface area contributed by atoms with E-state index in [1.54, 1.807) is 0 Å². The number of nitrogens with zero attached hydrogens (tertiary/aromatic N) is 1. The van der Waals surface area contributed by atoms with Crippen molar-refractivity contribution in [2.45, 2.75) is 46.6 Å². The molecule has 0 aliphatic rings. The molecular formula is C14H24N2. The third kappa shape index (κ3) is 5.26. The van der Waals surface area contributed by atoms with Crippen molar-refractivity contribution in [3.63, 3.8) is 0 Å². The third-order valence-electron chi connectivity index (χ3n) is 2.80. The van der Waals surface area contributed by atoms with Gasteiger partial charge in [0.2, 0.25) is 0 Å². The molecule has 2 nitrogen and oxygen atoms in total. The third-order valence-corrected chi connectivity index (χ3v) is 2.80. The number of nitrogens with one attached hydrogen (secondary N) is 1. The summed E-state index contributed by atoms with van der Waals surface area (Å²) in [5.74, 6) is 0.832. The van der Waals surface area contributed by atoms with Gasteiger partial charge in [0.1, 0.15) is 0 Å². The average Bonchev–Trinajstić information content (AvgIpc) is 2.25. The second-order valence-electron chi connectivity index (χ2n) is 4.83. The number of rotatable bonds is 7. The Hall–Kier alpha value is -0.890. The van der Waals surface area contributed by atoms with E-state index in [-0.39, 0.29) is 0 Å². The molecule has 16 heavy (non-hydrogen) atoms. The van der Waals surface area contributed by atoms with Gasteiger partial charge in [0.05, 0.1) is 5.69 Å². The summed E-state index contributed by atoms with van der Waals surface area (Å²) in [4.78, 5) is 4.36. The summed E-state index contributed by atoms with van der Waals surface area (Å²) in [6, 6.07) is 4.10. The van der Waals surface area contributed by atoms with Crippen molar-refractivity contribution in [1.82, 2.24) is 10.3 Å². The Bertz CT molecular complexity index is 295. The van der Waals surface area contributed by atoms with Gasteiger partial charge in [-0.1, -0.05) is 32.8 Å². The van der Waals surface area contributed by atoms with Crippen molar-refractivity contribution in [2.75, 3.05) is 6.54 Å². The Morgan fingerprint density at radius 3 is 2.81 bits per heavy atom. The molecule has 0 atom stereocenters. The van der Waals surface area contributed by atoms with E-state index < -0.39 is 0 Å². The smallest absolute Gasteiger partial charge is 0.0570 e. The fourth-order valence-electron chi connectivity index (χ4n) is 1.71. The van der Waals surface area contributed by atoms with Crippen LogP contribution in [0.5, 0.6) is 0 Å². The van der Waals surface area contributed by atoms with Crippen LogP contribution < -0.4 is 5.32 Å². The molecule has 90 valence electrons. The van der Waals surface area contributed by atoms with E-state index >= 15 is 0 Å². The number of hydrogen-bond acceptors (Lipinski definition) is 2. The number of aromatic nitrogens is 1. The van der Waals surface area contributed by atoms with Crippen LogP contribution in [0, 0.1) is 12.8 Å². The van der Waals surface area contributed by atoms with Crippen molar-refractivity contribution in [2.24, 2.45) is 5.92 Å². The van der Waals surface area contributed by atoms with E-state index in [1.165, 1.54) is 30.5 Å². The molecule has 0 aliphatic heterocycles. The highest BCUT2D eigenvalue weighted by atomic mass is 14.9. The van der Waals surface area contributed by atoms with Crippen molar-refractivity contribution in [3.05, 3.63) is 29.6 Å². The molecule has 0 spiro atoms. The van der Waals surface area contributed by atoms with Crippen LogP contribution in [0.2, 0.25) is 0 Å². The number of aryl methyl sites for hydroxylation is 1. The molecule has 1 aromatic rings. The van der Waals surface area contributed by atoms with Crippen LogP contribution in [0.25, 0.3) is 0 Å². The van der Waals surface area contributed by atoms with Gasteiger partial charge in [-0.25, -0.2) is 0 Å². The van der Waals surface area contributed by atoms with Crippen molar-refractivity contribution >= 4 is 0 Å². The summed E-state index contributed by atoms with van der Waals surface area (Å²) in [5.41, 5.74) is 2.45. The summed E-state index contributed by atoms with van der Waals surface area (Å²) >= 11 is 0. The second kappa shape index (κ2) is 7.39. The van der Waals surface area contributed by atoms with Crippen LogP contribution in [0.4, 0.5) is 0 Å². The molecule has 1 heterocycles. The molecule has 1 N–H and O–H groups in total. The lowest BCUT2D eigenvalue weighted by molar-refractivity contribution is 0.519. The standard InChI is InChI=1S/C14H24N2/c1-12(2)7-4-5-9-15-11-14-13(3)8-6-10-16-14/h6,8,10,12,15H,4-5,7,9,11H2,1-3H3. The molecule has 0 saturated heterocycles. The van der Waals surface area contributed by atoms with Gasteiger partial charge in [-0.15, -0.1) is 0 Å². The minimum atomic E-state index is 0.832. The summed E-state index contributed by atoms with van der Waals surface area (Å²) in [5, 5.41) is 3.45. The fraction of sp³-hybridized carbons (Fsp3) is 0.643. The first-order chi connectivity index (χ1) is 7.70. The zero-order chi connectivity index (χ0) is 11.8. The summed E-state index contributed by atoms with van der Waals surface area (Å²) in [6.07, 6.45) is 5.79. The minimum absolute atomic E-state index is 0.832. The monoisotopic (exact) mass is 220 g/mol. The summed E-state index contributed by atoms with van der Waals surface area (Å²) in [6.45, 7) is 8.68. The summed E-state index contributed by atoms with van der Waals surface area (Å²) in [7, 11) is 0. The first-order valence-electron chi connectivity index (χ1n) is 6.31. The van der Waals surface area contributed by atoms with Gasteiger partial charge in [-0.05, 0) is 37.4 Å². The topological polar surface area (TPSA) is 24.9 Å². The Morgan fingerprint density at radius 2 is 2.12 bits per heavy atom. The second-order valence-corrected chi connectivity index (χ2v) is 4.83. The zero-order valence-electron chi connectivity index (χ0n) is 10.8. The van der Waals surface area contributed by atoms with E-state index in [4.69, 9.17) is 0 Å². The van der Waals surface area contributed by atoms with Crippen LogP contribution in [-0.2, 0) is 6.54 Å². The van der Waals surface area contributed by atoms with Gasteiger partial charge in [0.25, 0.3) is 0 Å². The molecular weight excluding hydrogens is 196 g/mol. The first-order valence-corrected chi connectivity index (χ1v) is 6.31. The predicted molar refractivity (Wildman–Crippen MR) is 69.4 cm³/mol. The molecule has 1 aromatic heterocycles. The highest BCUT2D eigenvalue weighted by Gasteiger charge is 1.98. The molecule has 0 saturated carbocycles. The number of hydrogen-bond donors (Lipinski definition) is 1. The van der Waals surface area contributed by atoms with Gasteiger partial charge in [-0.3, -0.25) is 4.98 Å². The van der Waals surface area contributed by atoms with Gasteiger partial charge >= 0.3 is 0 Å². The minimum Gasteiger partial charge on any atom is -0.311 e. The highest BCUT2D eigenvalue weighted by molar-refractivity contribution is 5.17. The van der Waals surface area contributed by atoms with Crippen molar-refractivity contribution < 1.29 is 0 Å². The highest BCUT2D eigenvalue weighted by Crippen LogP contribution is 2.06. The largest absolute Gasteiger partial charge is 0.311 e. The Labute approximate surface area is 99.5 Å². The Balaban J connectivity index is 2.10. The maximum atomic E-state index is 4.36. The van der Waals surface area contributed by atoms with E-state index in [9.17, 15) is 0 Å². The lowest BCUT2D eigenvalue weighted by Gasteiger charge is -2.07. The SMILES string of the molecule is Cc1cccnc1CNCCCCC(C)C. The lowest BCUT2D eigenvalue weighted by atomic mass is 10.1. The van der Waals surface area contributed by atoms with E-state index in [2.05, 4.69) is 37.1 Å². The van der Waals surface area contributed by atoms with Gasteiger partial charge < -0.3 is 5.32 Å².